The van der Waals surface area contributed by atoms with Crippen LogP contribution in [-0.2, 0) is 19.6 Å². The third kappa shape index (κ3) is 5.35. The average molecular weight is 287 g/mol. The van der Waals surface area contributed by atoms with Crippen LogP contribution >= 0.6 is 0 Å². The number of carbonyl (C=O) groups excluding carboxylic acids is 1. The van der Waals surface area contributed by atoms with Gasteiger partial charge >= 0.3 is 0 Å². The second-order valence-corrected chi connectivity index (χ2v) is 5.29. The van der Waals surface area contributed by atoms with Gasteiger partial charge in [0.15, 0.2) is 0 Å². The Morgan fingerprint density at radius 2 is 2.05 bits per heavy atom. The van der Waals surface area contributed by atoms with E-state index >= 15 is 0 Å². The highest BCUT2D eigenvalue weighted by atomic mass is 32.2. The topological polar surface area (TPSA) is 111 Å². The fraction of sp³-hybridized carbons (Fsp3) is 0.364. The lowest BCUT2D eigenvalue weighted by Crippen LogP contribution is -2.30. The maximum Gasteiger partial charge on any atom is 0.240 e. The SMILES string of the molecule is COCCNCC(=O)Nc1ccccc1S(N)(=O)=O. The van der Waals surface area contributed by atoms with Crippen molar-refractivity contribution in [2.45, 2.75) is 4.90 Å². The smallest absolute Gasteiger partial charge is 0.240 e. The van der Waals surface area contributed by atoms with E-state index in [-0.39, 0.29) is 23.0 Å². The van der Waals surface area contributed by atoms with Crippen molar-refractivity contribution >= 4 is 21.6 Å². The molecule has 0 aliphatic rings. The first-order chi connectivity index (χ1) is 8.95. The van der Waals surface area contributed by atoms with Gasteiger partial charge in [0.1, 0.15) is 4.90 Å². The normalized spacial score (nSPS) is 11.3. The minimum atomic E-state index is -3.86. The summed E-state index contributed by atoms with van der Waals surface area (Å²) in [6.07, 6.45) is 0. The van der Waals surface area contributed by atoms with E-state index < -0.39 is 10.0 Å². The molecule has 0 fully saturated rings. The number of sulfonamides is 1. The standard InChI is InChI=1S/C11H17N3O4S/c1-18-7-6-13-8-11(15)14-9-4-2-3-5-10(9)19(12,16)17/h2-5,13H,6-8H2,1H3,(H,14,15)(H2,12,16,17). The maximum atomic E-state index is 11.6. The summed E-state index contributed by atoms with van der Waals surface area (Å²) in [7, 11) is -2.30. The number of para-hydroxylation sites is 1. The number of anilines is 1. The van der Waals surface area contributed by atoms with Crippen molar-refractivity contribution in [1.29, 1.82) is 0 Å². The van der Waals surface area contributed by atoms with Crippen LogP contribution in [0.3, 0.4) is 0 Å². The summed E-state index contributed by atoms with van der Waals surface area (Å²) in [6.45, 7) is 1.07. The van der Waals surface area contributed by atoms with E-state index in [1.807, 2.05) is 0 Å². The van der Waals surface area contributed by atoms with Crippen molar-refractivity contribution in [1.82, 2.24) is 5.32 Å². The van der Waals surface area contributed by atoms with Gasteiger partial charge in [0.05, 0.1) is 18.8 Å². The second kappa shape index (κ2) is 7.19. The molecule has 0 aliphatic heterocycles. The van der Waals surface area contributed by atoms with Crippen LogP contribution in [0, 0.1) is 0 Å². The number of ether oxygens (including phenoxy) is 1. The van der Waals surface area contributed by atoms with Gasteiger partial charge in [-0.3, -0.25) is 4.79 Å². The average Bonchev–Trinajstić information content (AvgIpc) is 2.34. The molecule has 1 rings (SSSR count). The van der Waals surface area contributed by atoms with Crippen LogP contribution in [0.4, 0.5) is 5.69 Å². The first-order valence-corrected chi connectivity index (χ1v) is 7.11. The summed E-state index contributed by atoms with van der Waals surface area (Å²) in [4.78, 5) is 11.5. The summed E-state index contributed by atoms with van der Waals surface area (Å²) in [6, 6.07) is 5.96. The summed E-state index contributed by atoms with van der Waals surface area (Å²) >= 11 is 0. The highest BCUT2D eigenvalue weighted by Gasteiger charge is 2.14. The quantitative estimate of drug-likeness (QED) is 0.586. The van der Waals surface area contributed by atoms with E-state index in [9.17, 15) is 13.2 Å². The van der Waals surface area contributed by atoms with Gasteiger partial charge in [-0.15, -0.1) is 0 Å². The van der Waals surface area contributed by atoms with E-state index in [1.54, 1.807) is 13.2 Å². The Hall–Kier alpha value is -1.48. The van der Waals surface area contributed by atoms with E-state index in [1.165, 1.54) is 18.2 Å². The minimum Gasteiger partial charge on any atom is -0.383 e. The maximum absolute atomic E-state index is 11.6. The van der Waals surface area contributed by atoms with E-state index in [0.29, 0.717) is 13.2 Å². The molecule has 0 unspecified atom stereocenters. The molecule has 7 nitrogen and oxygen atoms in total. The minimum absolute atomic E-state index is 0.0579. The Morgan fingerprint density at radius 1 is 1.37 bits per heavy atom. The van der Waals surface area contributed by atoms with Gasteiger partial charge in [-0.25, -0.2) is 13.6 Å². The highest BCUT2D eigenvalue weighted by Crippen LogP contribution is 2.18. The van der Waals surface area contributed by atoms with Crippen molar-refractivity contribution in [3.05, 3.63) is 24.3 Å². The van der Waals surface area contributed by atoms with Gasteiger partial charge in [-0.05, 0) is 12.1 Å². The summed E-state index contributed by atoms with van der Waals surface area (Å²) in [5, 5.41) is 10.4. The molecule has 1 amide bonds. The van der Waals surface area contributed by atoms with Crippen LogP contribution in [-0.4, -0.2) is 41.1 Å². The predicted molar refractivity (Wildman–Crippen MR) is 71.2 cm³/mol. The van der Waals surface area contributed by atoms with Crippen molar-refractivity contribution in [2.24, 2.45) is 5.14 Å². The molecule has 8 heteroatoms. The fourth-order valence-corrected chi connectivity index (χ4v) is 2.08. The van der Waals surface area contributed by atoms with Crippen molar-refractivity contribution in [2.75, 3.05) is 32.1 Å². The summed E-state index contributed by atoms with van der Waals surface area (Å²) in [5.74, 6) is -0.354. The molecule has 1 aromatic rings. The monoisotopic (exact) mass is 287 g/mol. The number of hydrogen-bond acceptors (Lipinski definition) is 5. The molecule has 0 heterocycles. The molecule has 19 heavy (non-hydrogen) atoms. The zero-order valence-electron chi connectivity index (χ0n) is 10.5. The first kappa shape index (κ1) is 15.6. The Bertz CT molecular complexity index is 530. The van der Waals surface area contributed by atoms with E-state index in [4.69, 9.17) is 9.88 Å². The van der Waals surface area contributed by atoms with Crippen LogP contribution in [0.25, 0.3) is 0 Å². The van der Waals surface area contributed by atoms with Crippen LogP contribution < -0.4 is 15.8 Å². The lowest BCUT2D eigenvalue weighted by atomic mass is 10.3. The van der Waals surface area contributed by atoms with Crippen molar-refractivity contribution in [3.8, 4) is 0 Å². The predicted octanol–water partition coefficient (Wildman–Crippen LogP) is -0.491. The van der Waals surface area contributed by atoms with Crippen molar-refractivity contribution in [3.63, 3.8) is 0 Å². The molecule has 1 aromatic carbocycles. The third-order valence-electron chi connectivity index (χ3n) is 2.24. The van der Waals surface area contributed by atoms with Crippen LogP contribution in [0.15, 0.2) is 29.2 Å². The second-order valence-electron chi connectivity index (χ2n) is 3.76. The number of primary sulfonamides is 1. The molecule has 0 bridgehead atoms. The highest BCUT2D eigenvalue weighted by molar-refractivity contribution is 7.89. The fourth-order valence-electron chi connectivity index (χ4n) is 1.39. The summed E-state index contributed by atoms with van der Waals surface area (Å²) in [5.41, 5.74) is 0.170. The third-order valence-corrected chi connectivity index (χ3v) is 3.21. The Morgan fingerprint density at radius 3 is 2.68 bits per heavy atom. The molecule has 4 N–H and O–H groups in total. The molecular formula is C11H17N3O4S. The van der Waals surface area contributed by atoms with Gasteiger partial charge in [-0.1, -0.05) is 12.1 Å². The molecule has 0 radical (unpaired) electrons. The molecule has 0 saturated heterocycles. The van der Waals surface area contributed by atoms with Gasteiger partial charge in [0.25, 0.3) is 0 Å². The van der Waals surface area contributed by atoms with Gasteiger partial charge < -0.3 is 15.4 Å². The zero-order chi connectivity index (χ0) is 14.3. The lowest BCUT2D eigenvalue weighted by molar-refractivity contribution is -0.115. The molecule has 106 valence electrons. The number of nitrogens with one attached hydrogen (secondary N) is 2. The number of benzene rings is 1. The molecule has 0 atom stereocenters. The molecule has 0 aliphatic carbocycles. The van der Waals surface area contributed by atoms with Crippen LogP contribution in [0.5, 0.6) is 0 Å². The molecule has 0 saturated carbocycles. The number of methoxy groups -OCH3 is 1. The number of nitrogens with two attached hydrogens (primary N) is 1. The lowest BCUT2D eigenvalue weighted by Gasteiger charge is -2.09. The van der Waals surface area contributed by atoms with Crippen LogP contribution in [0.1, 0.15) is 0 Å². The van der Waals surface area contributed by atoms with Crippen LogP contribution in [0.2, 0.25) is 0 Å². The van der Waals surface area contributed by atoms with Crippen molar-refractivity contribution < 1.29 is 17.9 Å². The van der Waals surface area contributed by atoms with Gasteiger partial charge in [-0.2, -0.15) is 0 Å². The largest absolute Gasteiger partial charge is 0.383 e. The van der Waals surface area contributed by atoms with Gasteiger partial charge in [0.2, 0.25) is 15.9 Å². The first-order valence-electron chi connectivity index (χ1n) is 5.56. The molecular weight excluding hydrogens is 270 g/mol. The molecule has 0 aromatic heterocycles. The number of amides is 1. The summed E-state index contributed by atoms with van der Waals surface area (Å²) < 4.78 is 27.5. The Kier molecular flexibility index (Phi) is 5.90. The Labute approximate surface area is 112 Å². The molecule has 0 spiro atoms. The zero-order valence-corrected chi connectivity index (χ0v) is 11.4. The van der Waals surface area contributed by atoms with Gasteiger partial charge in [0, 0.05) is 13.7 Å². The number of hydrogen-bond donors (Lipinski definition) is 3. The number of rotatable bonds is 7. The van der Waals surface area contributed by atoms with E-state index in [2.05, 4.69) is 10.6 Å². The number of carbonyl (C=O) groups is 1. The Balaban J connectivity index is 2.65. The van der Waals surface area contributed by atoms with E-state index in [0.717, 1.165) is 0 Å².